The summed E-state index contributed by atoms with van der Waals surface area (Å²) in [6, 6.07) is 17.0. The van der Waals surface area contributed by atoms with Gasteiger partial charge < -0.3 is 19.5 Å². The van der Waals surface area contributed by atoms with Crippen molar-refractivity contribution in [2.75, 3.05) is 19.5 Å². The summed E-state index contributed by atoms with van der Waals surface area (Å²) in [5, 5.41) is 2.78. The van der Waals surface area contributed by atoms with Crippen LogP contribution in [-0.2, 0) is 11.4 Å². The summed E-state index contributed by atoms with van der Waals surface area (Å²) in [7, 11) is 3.08. The zero-order valence-corrected chi connectivity index (χ0v) is 18.6. The van der Waals surface area contributed by atoms with E-state index in [2.05, 4.69) is 21.2 Å². The third-order valence-corrected chi connectivity index (χ3v) is 4.94. The zero-order chi connectivity index (χ0) is 22.2. The molecule has 0 saturated carbocycles. The van der Waals surface area contributed by atoms with Crippen LogP contribution in [0.5, 0.6) is 17.2 Å². The van der Waals surface area contributed by atoms with Crippen molar-refractivity contribution >= 4 is 33.6 Å². The summed E-state index contributed by atoms with van der Waals surface area (Å²) in [4.78, 5) is 12.2. The van der Waals surface area contributed by atoms with Gasteiger partial charge in [0.2, 0.25) is 5.91 Å². The topological polar surface area (TPSA) is 56.8 Å². The number of hydrogen-bond donors (Lipinski definition) is 1. The molecule has 1 amide bonds. The summed E-state index contributed by atoms with van der Waals surface area (Å²) in [5.41, 5.74) is 1.79. The van der Waals surface area contributed by atoms with Gasteiger partial charge in [-0.2, -0.15) is 0 Å². The molecule has 31 heavy (non-hydrogen) atoms. The maximum Gasteiger partial charge on any atom is 0.248 e. The molecule has 0 radical (unpaired) electrons. The first-order valence-electron chi connectivity index (χ1n) is 9.37. The fourth-order valence-electron chi connectivity index (χ4n) is 2.80. The summed E-state index contributed by atoms with van der Waals surface area (Å²) < 4.78 is 30.8. The molecule has 0 atom stereocenters. The van der Waals surface area contributed by atoms with E-state index in [0.29, 0.717) is 33.0 Å². The predicted molar refractivity (Wildman–Crippen MR) is 122 cm³/mol. The number of carbonyl (C=O) groups is 1. The lowest BCUT2D eigenvalue weighted by Gasteiger charge is -2.14. The van der Waals surface area contributed by atoms with E-state index in [4.69, 9.17) is 14.2 Å². The van der Waals surface area contributed by atoms with E-state index < -0.39 is 0 Å². The number of rotatable bonds is 8. The molecule has 7 heteroatoms. The Balaban J connectivity index is 1.71. The Labute approximate surface area is 188 Å². The minimum Gasteiger partial charge on any atom is -0.497 e. The number of anilines is 1. The van der Waals surface area contributed by atoms with Crippen LogP contribution in [0.2, 0.25) is 0 Å². The van der Waals surface area contributed by atoms with Crippen molar-refractivity contribution in [1.29, 1.82) is 0 Å². The molecule has 160 valence electrons. The van der Waals surface area contributed by atoms with Crippen LogP contribution >= 0.6 is 15.9 Å². The SMILES string of the molecule is COc1cccc(NC(=O)/C=C/c2cc(Br)c(OCc3ccccc3F)c(OC)c2)c1. The van der Waals surface area contributed by atoms with Gasteiger partial charge in [-0.05, 0) is 57.9 Å². The summed E-state index contributed by atoms with van der Waals surface area (Å²) >= 11 is 3.46. The number of halogens is 2. The van der Waals surface area contributed by atoms with E-state index in [1.54, 1.807) is 67.8 Å². The van der Waals surface area contributed by atoms with E-state index in [1.165, 1.54) is 19.3 Å². The number of methoxy groups -OCH3 is 2. The molecular formula is C24H21BrFNO4. The molecule has 0 fully saturated rings. The van der Waals surface area contributed by atoms with Crippen LogP contribution in [0.15, 0.2) is 71.2 Å². The second kappa shape index (κ2) is 10.6. The van der Waals surface area contributed by atoms with Gasteiger partial charge in [0.05, 0.1) is 18.7 Å². The lowest BCUT2D eigenvalue weighted by atomic mass is 10.1. The largest absolute Gasteiger partial charge is 0.497 e. The second-order valence-corrected chi connectivity index (χ2v) is 7.32. The lowest BCUT2D eigenvalue weighted by Crippen LogP contribution is -2.07. The molecule has 3 aromatic rings. The number of hydrogen-bond acceptors (Lipinski definition) is 4. The molecule has 0 aliphatic rings. The van der Waals surface area contributed by atoms with Crippen molar-refractivity contribution in [1.82, 2.24) is 0 Å². The molecule has 5 nitrogen and oxygen atoms in total. The first kappa shape index (κ1) is 22.4. The number of amides is 1. The highest BCUT2D eigenvalue weighted by Gasteiger charge is 2.12. The third-order valence-electron chi connectivity index (χ3n) is 4.35. The van der Waals surface area contributed by atoms with Crippen LogP contribution in [0, 0.1) is 5.82 Å². The van der Waals surface area contributed by atoms with Crippen LogP contribution in [-0.4, -0.2) is 20.1 Å². The van der Waals surface area contributed by atoms with Gasteiger partial charge in [0.1, 0.15) is 18.2 Å². The van der Waals surface area contributed by atoms with Gasteiger partial charge in [-0.15, -0.1) is 0 Å². The molecule has 0 aromatic heterocycles. The first-order chi connectivity index (χ1) is 15.0. The Hall–Kier alpha value is -3.32. The molecule has 3 rings (SSSR count). The zero-order valence-electron chi connectivity index (χ0n) is 17.0. The highest BCUT2D eigenvalue weighted by molar-refractivity contribution is 9.10. The summed E-state index contributed by atoms with van der Waals surface area (Å²) in [5.74, 6) is 0.936. The van der Waals surface area contributed by atoms with Crippen molar-refractivity contribution in [2.24, 2.45) is 0 Å². The molecule has 0 spiro atoms. The Morgan fingerprint density at radius 1 is 1.06 bits per heavy atom. The van der Waals surface area contributed by atoms with Crippen LogP contribution in [0.4, 0.5) is 10.1 Å². The van der Waals surface area contributed by atoms with E-state index in [0.717, 1.165) is 5.56 Å². The Morgan fingerprint density at radius 2 is 1.87 bits per heavy atom. The second-order valence-electron chi connectivity index (χ2n) is 6.47. The molecule has 1 N–H and O–H groups in total. The molecule has 0 saturated heterocycles. The summed E-state index contributed by atoms with van der Waals surface area (Å²) in [6.45, 7) is 0.0553. The number of benzene rings is 3. The van der Waals surface area contributed by atoms with Crippen molar-refractivity contribution in [2.45, 2.75) is 6.61 Å². The minimum absolute atomic E-state index is 0.0553. The van der Waals surface area contributed by atoms with Crippen LogP contribution in [0.1, 0.15) is 11.1 Å². The van der Waals surface area contributed by atoms with Crippen molar-refractivity contribution in [3.63, 3.8) is 0 Å². The smallest absolute Gasteiger partial charge is 0.248 e. The van der Waals surface area contributed by atoms with Gasteiger partial charge in [-0.25, -0.2) is 4.39 Å². The Kier molecular flexibility index (Phi) is 7.67. The fraction of sp³-hybridized carbons (Fsp3) is 0.125. The van der Waals surface area contributed by atoms with E-state index >= 15 is 0 Å². The van der Waals surface area contributed by atoms with Gasteiger partial charge in [0, 0.05) is 23.4 Å². The third kappa shape index (κ3) is 6.08. The number of nitrogens with one attached hydrogen (secondary N) is 1. The van der Waals surface area contributed by atoms with Gasteiger partial charge >= 0.3 is 0 Å². The first-order valence-corrected chi connectivity index (χ1v) is 10.2. The van der Waals surface area contributed by atoms with Crippen molar-refractivity contribution in [3.8, 4) is 17.2 Å². The quantitative estimate of drug-likeness (QED) is 0.407. The lowest BCUT2D eigenvalue weighted by molar-refractivity contribution is -0.111. The van der Waals surface area contributed by atoms with Gasteiger partial charge in [0.25, 0.3) is 0 Å². The molecule has 3 aromatic carbocycles. The van der Waals surface area contributed by atoms with Crippen molar-refractivity contribution in [3.05, 3.63) is 88.2 Å². The summed E-state index contributed by atoms with van der Waals surface area (Å²) in [6.07, 6.45) is 3.07. The Morgan fingerprint density at radius 3 is 2.61 bits per heavy atom. The van der Waals surface area contributed by atoms with Gasteiger partial charge in [0.15, 0.2) is 11.5 Å². The number of carbonyl (C=O) groups excluding carboxylic acids is 1. The average Bonchev–Trinajstić information content (AvgIpc) is 2.77. The normalized spacial score (nSPS) is 10.7. The van der Waals surface area contributed by atoms with E-state index in [1.807, 2.05) is 0 Å². The minimum atomic E-state index is -0.334. The highest BCUT2D eigenvalue weighted by Crippen LogP contribution is 2.37. The molecular weight excluding hydrogens is 465 g/mol. The van der Waals surface area contributed by atoms with Crippen LogP contribution in [0.25, 0.3) is 6.08 Å². The molecule has 0 aliphatic carbocycles. The fourth-order valence-corrected chi connectivity index (χ4v) is 3.37. The molecule has 0 heterocycles. The highest BCUT2D eigenvalue weighted by atomic mass is 79.9. The van der Waals surface area contributed by atoms with Crippen molar-refractivity contribution < 1.29 is 23.4 Å². The average molecular weight is 486 g/mol. The van der Waals surface area contributed by atoms with E-state index in [-0.39, 0.29) is 18.3 Å². The Bertz CT molecular complexity index is 1100. The number of ether oxygens (including phenoxy) is 3. The predicted octanol–water partition coefficient (Wildman–Crippen LogP) is 5.84. The maximum absolute atomic E-state index is 13.8. The monoisotopic (exact) mass is 485 g/mol. The van der Waals surface area contributed by atoms with Gasteiger partial charge in [-0.1, -0.05) is 24.3 Å². The van der Waals surface area contributed by atoms with E-state index in [9.17, 15) is 9.18 Å². The molecule has 0 bridgehead atoms. The standard InChI is InChI=1S/C24H21BrFNO4/c1-29-19-8-5-7-18(14-19)27-23(28)11-10-16-12-20(25)24(22(13-16)30-2)31-15-17-6-3-4-9-21(17)26/h3-14H,15H2,1-2H3,(H,27,28)/b11-10+. The maximum atomic E-state index is 13.8. The molecule has 0 unspecified atom stereocenters. The van der Waals surface area contributed by atoms with Gasteiger partial charge in [-0.3, -0.25) is 4.79 Å². The van der Waals surface area contributed by atoms with Crippen LogP contribution in [0.3, 0.4) is 0 Å². The molecule has 0 aliphatic heterocycles. The van der Waals surface area contributed by atoms with Crippen LogP contribution < -0.4 is 19.5 Å².